The van der Waals surface area contributed by atoms with Crippen molar-refractivity contribution in [3.8, 4) is 0 Å². The minimum Gasteiger partial charge on any atom is -0.381 e. The zero-order valence-electron chi connectivity index (χ0n) is 13.3. The average Bonchev–Trinajstić information content (AvgIpc) is 2.62. The van der Waals surface area contributed by atoms with Crippen molar-refractivity contribution in [2.75, 3.05) is 13.2 Å². The van der Waals surface area contributed by atoms with Crippen LogP contribution in [0.25, 0.3) is 0 Å². The molecule has 0 bridgehead atoms. The molecule has 1 aliphatic heterocycles. The highest BCUT2D eigenvalue weighted by molar-refractivity contribution is 7.90. The van der Waals surface area contributed by atoms with Gasteiger partial charge in [0, 0.05) is 25.6 Å². The quantitative estimate of drug-likeness (QED) is 0.894. The molecule has 6 nitrogen and oxygen atoms in total. The van der Waals surface area contributed by atoms with E-state index in [2.05, 4.69) is 9.71 Å². The Kier molecular flexibility index (Phi) is 4.82. The lowest BCUT2D eigenvalue weighted by Gasteiger charge is -2.36. The number of carbonyl (C=O) groups excluding carboxylic acids is 1. The number of benzene rings is 1. The van der Waals surface area contributed by atoms with E-state index in [1.165, 1.54) is 36.5 Å². The second-order valence-electron chi connectivity index (χ2n) is 5.83. The molecule has 1 N–H and O–H groups in total. The number of nitrogens with zero attached hydrogens (tertiary/aromatic N) is 1. The minimum absolute atomic E-state index is 0.107. The van der Waals surface area contributed by atoms with Crippen LogP contribution in [0.1, 0.15) is 18.4 Å². The molecule has 1 amide bonds. The molecule has 25 heavy (non-hydrogen) atoms. The maximum Gasteiger partial charge on any atom is 0.265 e. The summed E-state index contributed by atoms with van der Waals surface area (Å²) in [6.07, 6.45) is 3.14. The van der Waals surface area contributed by atoms with Gasteiger partial charge < -0.3 is 4.74 Å². The highest BCUT2D eigenvalue weighted by Crippen LogP contribution is 2.36. The van der Waals surface area contributed by atoms with Crippen molar-refractivity contribution in [1.29, 1.82) is 0 Å². The number of pyridine rings is 1. The van der Waals surface area contributed by atoms with E-state index in [0.717, 1.165) is 6.20 Å². The van der Waals surface area contributed by atoms with Crippen molar-refractivity contribution in [1.82, 2.24) is 9.71 Å². The predicted octanol–water partition coefficient (Wildman–Crippen LogP) is 1.77. The monoisotopic (exact) mass is 364 g/mol. The van der Waals surface area contributed by atoms with Gasteiger partial charge in [0.25, 0.3) is 10.0 Å². The Morgan fingerprint density at radius 3 is 2.60 bits per heavy atom. The largest absolute Gasteiger partial charge is 0.381 e. The molecular weight excluding hydrogens is 347 g/mol. The van der Waals surface area contributed by atoms with Crippen molar-refractivity contribution in [3.63, 3.8) is 0 Å². The van der Waals surface area contributed by atoms with E-state index < -0.39 is 27.2 Å². The number of carbonyl (C=O) groups is 1. The molecule has 8 heteroatoms. The summed E-state index contributed by atoms with van der Waals surface area (Å²) < 4.78 is 46.0. The molecule has 1 fully saturated rings. The summed E-state index contributed by atoms with van der Waals surface area (Å²) >= 11 is 0. The molecule has 3 rings (SSSR count). The van der Waals surface area contributed by atoms with Crippen LogP contribution in [0.4, 0.5) is 4.39 Å². The number of rotatable bonds is 4. The van der Waals surface area contributed by atoms with Gasteiger partial charge in [0.2, 0.25) is 5.91 Å². The van der Waals surface area contributed by atoms with Gasteiger partial charge in [-0.15, -0.1) is 0 Å². The van der Waals surface area contributed by atoms with Gasteiger partial charge in [-0.2, -0.15) is 0 Å². The van der Waals surface area contributed by atoms with E-state index in [4.69, 9.17) is 4.74 Å². The molecule has 0 unspecified atom stereocenters. The first-order valence-corrected chi connectivity index (χ1v) is 9.23. The molecule has 2 aromatic rings. The van der Waals surface area contributed by atoms with Crippen molar-refractivity contribution < 1.29 is 22.3 Å². The molecule has 0 saturated carbocycles. The third-order valence-electron chi connectivity index (χ3n) is 4.33. The first kappa shape index (κ1) is 17.5. The molecule has 1 aromatic carbocycles. The Labute approximate surface area is 145 Å². The van der Waals surface area contributed by atoms with Crippen molar-refractivity contribution in [3.05, 3.63) is 60.2 Å². The molecular formula is C17H17FN2O4S. The molecule has 0 radical (unpaired) electrons. The fourth-order valence-electron chi connectivity index (χ4n) is 2.94. The summed E-state index contributed by atoms with van der Waals surface area (Å²) in [6.45, 7) is 0.577. The van der Waals surface area contributed by atoms with Crippen molar-refractivity contribution in [2.45, 2.75) is 23.2 Å². The van der Waals surface area contributed by atoms with Gasteiger partial charge in [0.15, 0.2) is 0 Å². The lowest BCUT2D eigenvalue weighted by atomic mass is 9.73. The number of nitrogens with one attached hydrogen (secondary N) is 1. The summed E-state index contributed by atoms with van der Waals surface area (Å²) in [5, 5.41) is 0. The summed E-state index contributed by atoms with van der Waals surface area (Å²) in [5.41, 5.74) is -0.718. The number of ether oxygens (including phenoxy) is 1. The van der Waals surface area contributed by atoms with Crippen LogP contribution in [0.3, 0.4) is 0 Å². The number of sulfonamides is 1. The van der Waals surface area contributed by atoms with Gasteiger partial charge in [-0.1, -0.05) is 12.1 Å². The zero-order valence-corrected chi connectivity index (χ0v) is 14.1. The molecule has 0 atom stereocenters. The summed E-state index contributed by atoms with van der Waals surface area (Å²) in [6, 6.07) is 8.50. The maximum absolute atomic E-state index is 13.7. The van der Waals surface area contributed by atoms with Crippen LogP contribution in [0.5, 0.6) is 0 Å². The normalized spacial score (nSPS) is 17.0. The third kappa shape index (κ3) is 3.54. The standard InChI is InChI=1S/C17H17FN2O4S/c18-14-4-1-3-13(11-14)17(6-9-24-10-7-17)16(21)20-25(22,23)15-5-2-8-19-12-15/h1-5,8,11-12H,6-7,9-10H2,(H,20,21). The van der Waals surface area contributed by atoms with E-state index in [0.29, 0.717) is 5.56 Å². The Balaban J connectivity index is 1.96. The van der Waals surface area contributed by atoms with Crippen LogP contribution in [0.2, 0.25) is 0 Å². The van der Waals surface area contributed by atoms with E-state index >= 15 is 0 Å². The van der Waals surface area contributed by atoms with Gasteiger partial charge in [-0.05, 0) is 42.7 Å². The number of amides is 1. The smallest absolute Gasteiger partial charge is 0.265 e. The van der Waals surface area contributed by atoms with Crippen molar-refractivity contribution >= 4 is 15.9 Å². The van der Waals surface area contributed by atoms with E-state index in [1.54, 1.807) is 6.07 Å². The van der Waals surface area contributed by atoms with Crippen LogP contribution in [0.15, 0.2) is 53.7 Å². The first-order chi connectivity index (χ1) is 11.9. The zero-order chi connectivity index (χ0) is 17.9. The number of hydrogen-bond acceptors (Lipinski definition) is 5. The molecule has 1 aromatic heterocycles. The molecule has 0 aliphatic carbocycles. The van der Waals surface area contributed by atoms with Gasteiger partial charge in [-0.3, -0.25) is 9.78 Å². The first-order valence-electron chi connectivity index (χ1n) is 7.75. The van der Waals surface area contributed by atoms with E-state index in [1.807, 2.05) is 0 Å². The number of halogens is 1. The van der Waals surface area contributed by atoms with Crippen LogP contribution < -0.4 is 4.72 Å². The van der Waals surface area contributed by atoms with Crippen molar-refractivity contribution in [2.24, 2.45) is 0 Å². The number of hydrogen-bond donors (Lipinski definition) is 1. The van der Waals surface area contributed by atoms with Crippen LogP contribution >= 0.6 is 0 Å². The Morgan fingerprint density at radius 2 is 1.96 bits per heavy atom. The lowest BCUT2D eigenvalue weighted by Crippen LogP contribution is -2.49. The molecule has 1 aliphatic rings. The second kappa shape index (κ2) is 6.89. The van der Waals surface area contributed by atoms with E-state index in [9.17, 15) is 17.6 Å². The average molecular weight is 364 g/mol. The lowest BCUT2D eigenvalue weighted by molar-refractivity contribution is -0.128. The third-order valence-corrected chi connectivity index (χ3v) is 5.65. The topological polar surface area (TPSA) is 85.4 Å². The highest BCUT2D eigenvalue weighted by atomic mass is 32.2. The fourth-order valence-corrected chi connectivity index (χ4v) is 3.95. The molecule has 0 spiro atoms. The summed E-state index contributed by atoms with van der Waals surface area (Å²) in [7, 11) is -4.06. The minimum atomic E-state index is -4.06. The SMILES string of the molecule is O=C(NS(=O)(=O)c1cccnc1)C1(c2cccc(F)c2)CCOCC1. The molecule has 1 saturated heterocycles. The Morgan fingerprint density at radius 1 is 1.20 bits per heavy atom. The highest BCUT2D eigenvalue weighted by Gasteiger charge is 2.43. The fraction of sp³-hybridized carbons (Fsp3) is 0.294. The van der Waals surface area contributed by atoms with Crippen LogP contribution in [-0.2, 0) is 25.0 Å². The van der Waals surface area contributed by atoms with Gasteiger partial charge in [0.1, 0.15) is 10.7 Å². The predicted molar refractivity (Wildman–Crippen MR) is 87.7 cm³/mol. The van der Waals surface area contributed by atoms with Gasteiger partial charge in [-0.25, -0.2) is 17.5 Å². The summed E-state index contributed by atoms with van der Waals surface area (Å²) in [4.78, 5) is 16.6. The summed E-state index contributed by atoms with van der Waals surface area (Å²) in [5.74, 6) is -1.17. The van der Waals surface area contributed by atoms with Crippen LogP contribution in [0, 0.1) is 5.82 Å². The second-order valence-corrected chi connectivity index (χ2v) is 7.51. The Bertz CT molecular complexity index is 865. The van der Waals surface area contributed by atoms with Crippen LogP contribution in [-0.4, -0.2) is 32.5 Å². The van der Waals surface area contributed by atoms with Gasteiger partial charge in [0.05, 0.1) is 5.41 Å². The van der Waals surface area contributed by atoms with E-state index in [-0.39, 0.29) is 31.0 Å². The Hall–Kier alpha value is -2.32. The molecule has 132 valence electrons. The number of aromatic nitrogens is 1. The van der Waals surface area contributed by atoms with Gasteiger partial charge >= 0.3 is 0 Å². The maximum atomic E-state index is 13.7. The molecule has 2 heterocycles.